The highest BCUT2D eigenvalue weighted by Gasteiger charge is 2.54. The molecular weight excluding hydrogens is 663 g/mol. The summed E-state index contributed by atoms with van der Waals surface area (Å²) in [5, 5.41) is 16.4. The number of nitrogen functional groups attached to an aromatic ring is 1. The molecule has 2 saturated heterocycles. The van der Waals surface area contributed by atoms with Crippen molar-refractivity contribution in [2.24, 2.45) is 5.41 Å². The monoisotopic (exact) mass is 695 g/mol. The number of ether oxygens (including phenoxy) is 1. The highest BCUT2D eigenvalue weighted by atomic mass is 19.4. The maximum absolute atomic E-state index is 17.3. The zero-order valence-electron chi connectivity index (χ0n) is 26.0. The molecule has 4 N–H and O–H groups in total. The van der Waals surface area contributed by atoms with Crippen LogP contribution in [-0.2, 0) is 16.8 Å². The number of carboxylic acids is 1. The molecule has 3 aromatic rings. The maximum atomic E-state index is 17.3. The fraction of sp³-hybridized carbons (Fsp3) is 0.438. The van der Waals surface area contributed by atoms with E-state index in [1.54, 1.807) is 4.90 Å². The lowest BCUT2D eigenvalue weighted by Crippen LogP contribution is -2.46. The minimum Gasteiger partial charge on any atom is -0.480 e. The van der Waals surface area contributed by atoms with Crippen LogP contribution in [0.4, 0.5) is 42.5 Å². The Hall–Kier alpha value is -4.67. The average molecular weight is 696 g/mol. The largest absolute Gasteiger partial charge is 0.480 e. The first-order valence-corrected chi connectivity index (χ1v) is 15.4. The first kappa shape index (κ1) is 34.2. The Kier molecular flexibility index (Phi) is 8.61. The van der Waals surface area contributed by atoms with Crippen molar-refractivity contribution in [2.45, 2.75) is 62.9 Å². The van der Waals surface area contributed by atoms with Gasteiger partial charge in [-0.25, -0.2) is 9.07 Å². The molecule has 262 valence electrons. The topological polar surface area (TPSA) is 131 Å². The molecule has 1 aliphatic carbocycles. The molecule has 2 aromatic heterocycles. The van der Waals surface area contributed by atoms with Crippen molar-refractivity contribution in [2.75, 3.05) is 30.3 Å². The molecule has 0 radical (unpaired) electrons. The number of hydrogen-bond donors (Lipinski definition) is 3. The van der Waals surface area contributed by atoms with Gasteiger partial charge < -0.3 is 25.8 Å². The highest BCUT2D eigenvalue weighted by Crippen LogP contribution is 2.47. The number of aliphatic carboxylic acids is 1. The molecule has 0 bridgehead atoms. The number of aryl methyl sites for hydroxylation is 1. The molecule has 4 heterocycles. The van der Waals surface area contributed by atoms with Gasteiger partial charge in [-0.3, -0.25) is 4.79 Å². The van der Waals surface area contributed by atoms with E-state index >= 15 is 4.39 Å². The van der Waals surface area contributed by atoms with Gasteiger partial charge in [-0.05, 0) is 60.9 Å². The predicted molar refractivity (Wildman–Crippen MR) is 163 cm³/mol. The number of benzene rings is 1. The first-order valence-electron chi connectivity index (χ1n) is 15.4. The van der Waals surface area contributed by atoms with E-state index in [-0.39, 0.29) is 28.3 Å². The SMILES string of the molecule is Cc1ccn(C2(F)CC(c3cccc(C(F)(F)F)c3)=CC=C2C(Oc2cc(N3CCC4(CC3)CN[C@H](C(=O)O)C4)nc(N)n2)C(F)(F)F)n1. The summed E-state index contributed by atoms with van der Waals surface area (Å²) >= 11 is 0. The summed E-state index contributed by atoms with van der Waals surface area (Å²) in [5.74, 6) is -4.73. The molecule has 0 amide bonds. The Bertz CT molecular complexity index is 1800. The summed E-state index contributed by atoms with van der Waals surface area (Å²) in [5.41, 5.74) is 4.02. The summed E-state index contributed by atoms with van der Waals surface area (Å²) < 4.78 is 108. The zero-order valence-corrected chi connectivity index (χ0v) is 26.0. The molecule has 49 heavy (non-hydrogen) atoms. The highest BCUT2D eigenvalue weighted by molar-refractivity contribution is 5.74. The number of nitrogens with one attached hydrogen (secondary N) is 1. The van der Waals surface area contributed by atoms with E-state index in [2.05, 4.69) is 20.4 Å². The van der Waals surface area contributed by atoms with Gasteiger partial charge in [0.15, 0.2) is 0 Å². The van der Waals surface area contributed by atoms with Crippen LogP contribution < -0.4 is 20.7 Å². The number of piperidine rings is 1. The molecule has 2 fully saturated rings. The van der Waals surface area contributed by atoms with Gasteiger partial charge in [0.05, 0.1) is 11.3 Å². The van der Waals surface area contributed by atoms with E-state index in [9.17, 15) is 36.2 Å². The molecule has 2 aliphatic heterocycles. The first-order chi connectivity index (χ1) is 23.0. The van der Waals surface area contributed by atoms with Crippen LogP contribution in [0.2, 0.25) is 0 Å². The lowest BCUT2D eigenvalue weighted by Gasteiger charge is -2.39. The molecular formula is C32H32F7N7O3. The number of allylic oxidation sites excluding steroid dienone is 3. The van der Waals surface area contributed by atoms with Crippen LogP contribution in [0.3, 0.4) is 0 Å². The third-order valence-corrected chi connectivity index (χ3v) is 9.31. The lowest BCUT2D eigenvalue weighted by atomic mass is 9.76. The zero-order chi connectivity index (χ0) is 35.4. The van der Waals surface area contributed by atoms with E-state index in [1.165, 1.54) is 25.1 Å². The molecule has 6 rings (SSSR count). The van der Waals surface area contributed by atoms with Crippen LogP contribution in [0, 0.1) is 12.3 Å². The number of halogens is 7. The number of nitrogens with zero attached hydrogens (tertiary/aromatic N) is 5. The van der Waals surface area contributed by atoms with Gasteiger partial charge in [0.2, 0.25) is 23.7 Å². The Balaban J connectivity index is 1.32. The van der Waals surface area contributed by atoms with Crippen molar-refractivity contribution in [3.63, 3.8) is 0 Å². The maximum Gasteiger partial charge on any atom is 0.429 e. The van der Waals surface area contributed by atoms with Gasteiger partial charge in [-0.15, -0.1) is 0 Å². The Labute approximate surface area is 275 Å². The molecule has 1 aromatic carbocycles. The summed E-state index contributed by atoms with van der Waals surface area (Å²) in [4.78, 5) is 21.2. The second-order valence-corrected chi connectivity index (χ2v) is 12.7. The van der Waals surface area contributed by atoms with Gasteiger partial charge in [0, 0.05) is 43.9 Å². The normalized spacial score (nSPS) is 23.3. The molecule has 2 unspecified atom stereocenters. The fourth-order valence-corrected chi connectivity index (χ4v) is 6.70. The Morgan fingerprint density at radius 2 is 1.84 bits per heavy atom. The number of carboxylic acid groups (broad SMARTS) is 1. The van der Waals surface area contributed by atoms with Crippen molar-refractivity contribution in [1.29, 1.82) is 0 Å². The third kappa shape index (κ3) is 6.93. The third-order valence-electron chi connectivity index (χ3n) is 9.31. The van der Waals surface area contributed by atoms with Gasteiger partial charge in [0.25, 0.3) is 0 Å². The number of anilines is 2. The van der Waals surface area contributed by atoms with E-state index in [0.717, 1.165) is 36.5 Å². The van der Waals surface area contributed by atoms with Crippen LogP contribution >= 0.6 is 0 Å². The molecule has 0 saturated carbocycles. The van der Waals surface area contributed by atoms with Crippen LogP contribution in [0.25, 0.3) is 5.57 Å². The molecule has 10 nitrogen and oxygen atoms in total. The summed E-state index contributed by atoms with van der Waals surface area (Å²) in [6.45, 7) is 2.85. The second-order valence-electron chi connectivity index (χ2n) is 12.7. The van der Waals surface area contributed by atoms with Crippen molar-refractivity contribution in [3.8, 4) is 5.88 Å². The van der Waals surface area contributed by atoms with Gasteiger partial charge >= 0.3 is 18.3 Å². The minimum atomic E-state index is -5.19. The van der Waals surface area contributed by atoms with Gasteiger partial charge in [-0.1, -0.05) is 24.3 Å². The number of rotatable bonds is 7. The van der Waals surface area contributed by atoms with Crippen molar-refractivity contribution in [1.82, 2.24) is 25.1 Å². The van der Waals surface area contributed by atoms with Crippen LogP contribution in [0.1, 0.15) is 42.5 Å². The van der Waals surface area contributed by atoms with E-state index in [1.807, 2.05) is 0 Å². The quantitative estimate of drug-likeness (QED) is 0.268. The number of alkyl halides is 7. The van der Waals surface area contributed by atoms with Crippen molar-refractivity contribution >= 4 is 23.3 Å². The number of hydrogen-bond acceptors (Lipinski definition) is 8. The summed E-state index contributed by atoms with van der Waals surface area (Å²) in [7, 11) is 0. The number of aromatic nitrogens is 4. The van der Waals surface area contributed by atoms with Gasteiger partial charge in [-0.2, -0.15) is 41.4 Å². The standard InChI is InChI=1S/C32H32F7N7O3/c1-18-7-10-46(44-18)30(33)15-20(19-3-2-4-21(13-19)31(34,35)36)5-6-22(30)26(32(37,38)39)49-25-14-24(42-28(40)43-25)45-11-8-29(9-12-45)16-23(27(47)48)41-17-29/h2-7,10,13-14,23,26,41H,8-9,11-12,15-17H2,1H3,(H,47,48)(H2,40,42,43)/t23-,26?,30?/m0/s1. The molecule has 3 aliphatic rings. The number of nitrogens with two attached hydrogens (primary N) is 1. The van der Waals surface area contributed by atoms with Crippen LogP contribution in [0.5, 0.6) is 5.88 Å². The fourth-order valence-electron chi connectivity index (χ4n) is 6.70. The summed E-state index contributed by atoms with van der Waals surface area (Å²) in [6, 6.07) is 5.99. The molecule has 1 spiro atoms. The second kappa shape index (κ2) is 12.3. The average Bonchev–Trinajstić information content (AvgIpc) is 3.66. The molecule has 17 heteroatoms. The lowest BCUT2D eigenvalue weighted by molar-refractivity contribution is -0.191. The predicted octanol–water partition coefficient (Wildman–Crippen LogP) is 5.66. The van der Waals surface area contributed by atoms with E-state index in [4.69, 9.17) is 10.5 Å². The Morgan fingerprint density at radius 1 is 1.10 bits per heavy atom. The summed E-state index contributed by atoms with van der Waals surface area (Å²) in [6.07, 6.45) is -8.82. The van der Waals surface area contributed by atoms with E-state index in [0.29, 0.717) is 49.3 Å². The van der Waals surface area contributed by atoms with Crippen LogP contribution in [-0.4, -0.2) is 68.8 Å². The Morgan fingerprint density at radius 3 is 2.45 bits per heavy atom. The minimum absolute atomic E-state index is 0.00926. The molecule has 3 atom stereocenters. The van der Waals surface area contributed by atoms with Gasteiger partial charge in [0.1, 0.15) is 11.9 Å². The van der Waals surface area contributed by atoms with Crippen LogP contribution in [0.15, 0.2) is 60.3 Å². The smallest absolute Gasteiger partial charge is 0.429 e. The van der Waals surface area contributed by atoms with Crippen molar-refractivity contribution < 1.29 is 45.4 Å². The van der Waals surface area contributed by atoms with Crippen molar-refractivity contribution in [3.05, 3.63) is 77.1 Å². The number of carbonyl (C=O) groups is 1. The van der Waals surface area contributed by atoms with E-state index < -0.39 is 59.7 Å².